The van der Waals surface area contributed by atoms with Crippen molar-refractivity contribution in [3.8, 4) is 0 Å². The zero-order valence-corrected chi connectivity index (χ0v) is 31.5. The first-order valence-electron chi connectivity index (χ1n) is 19.8. The summed E-state index contributed by atoms with van der Waals surface area (Å²) < 4.78 is 4.64. The van der Waals surface area contributed by atoms with Gasteiger partial charge in [0.15, 0.2) is 6.04 Å². The van der Waals surface area contributed by atoms with E-state index >= 15 is 0 Å². The van der Waals surface area contributed by atoms with Crippen molar-refractivity contribution < 1.29 is 29.6 Å². The quantitative estimate of drug-likeness (QED) is 0.0347. The van der Waals surface area contributed by atoms with Crippen LogP contribution in [-0.2, 0) is 14.3 Å². The summed E-state index contributed by atoms with van der Waals surface area (Å²) >= 11 is 0. The van der Waals surface area contributed by atoms with Crippen LogP contribution in [0.5, 0.6) is 0 Å². The second-order valence-corrected chi connectivity index (χ2v) is 13.7. The van der Waals surface area contributed by atoms with Gasteiger partial charge in [-0.15, -0.1) is 0 Å². The summed E-state index contributed by atoms with van der Waals surface area (Å²) in [7, 11) is 1.26. The zero-order chi connectivity index (χ0) is 35.4. The van der Waals surface area contributed by atoms with E-state index in [9.17, 15) is 19.8 Å². The molecular weight excluding hydrogens is 592 g/mol. The van der Waals surface area contributed by atoms with Gasteiger partial charge in [-0.05, 0) is 12.8 Å². The van der Waals surface area contributed by atoms with Gasteiger partial charge in [-0.3, -0.25) is 4.79 Å². The molecule has 6 N–H and O–H groups in total. The molecule has 0 fully saturated rings. The molecule has 0 aromatic carbocycles. The van der Waals surface area contributed by atoms with Gasteiger partial charge >= 0.3 is 5.97 Å². The van der Waals surface area contributed by atoms with Crippen molar-refractivity contribution in [3.05, 3.63) is 0 Å². The highest BCUT2D eigenvalue weighted by atomic mass is 16.5. The summed E-state index contributed by atoms with van der Waals surface area (Å²) in [5.74, 6) is -0.938. The number of carbonyl (C=O) groups is 2. The number of ether oxygens (including phenoxy) is 1. The monoisotopic (exact) mass is 673 g/mol. The highest BCUT2D eigenvalue weighted by molar-refractivity contribution is 5.83. The lowest BCUT2D eigenvalue weighted by molar-refractivity contribution is -0.148. The number of amides is 1. The number of rotatable bonds is 33. The zero-order valence-electron chi connectivity index (χ0n) is 31.5. The molecule has 0 aromatic heterocycles. The number of nitrogens with one attached hydrogen (secondary N) is 1. The molecule has 0 saturated carbocycles. The van der Waals surface area contributed by atoms with Crippen LogP contribution in [0.3, 0.4) is 0 Å². The van der Waals surface area contributed by atoms with Gasteiger partial charge in [0.2, 0.25) is 5.91 Å². The third kappa shape index (κ3) is 34.4. The Morgan fingerprint density at radius 1 is 0.574 bits per heavy atom. The number of hydrogen-bond acceptors (Lipinski definition) is 7. The largest absolute Gasteiger partial charge is 0.467 e. The number of aliphatic hydroxyl groups is 3. The van der Waals surface area contributed by atoms with Crippen molar-refractivity contribution >= 4 is 11.9 Å². The first kappa shape index (κ1) is 47.9. The summed E-state index contributed by atoms with van der Waals surface area (Å²) in [4.78, 5) is 22.8. The SMILES string of the molecule is CCCCCCCCCCCCCCC[C@@H](O)[C@@H](N)CO.CCCCCCCCCCCCCCC[C@H](O)[C@@H](NC(C)=O)C(=O)OC. The molecule has 0 aromatic rings. The summed E-state index contributed by atoms with van der Waals surface area (Å²) in [6.45, 7) is 5.72. The standard InChI is InChI=1S/C21H41NO4.C18H39NO2/c1-4-5-6-7-8-9-10-11-12-13-14-15-16-17-19(24)20(21(25)26-3)22-18(2)23;1-2-3-4-5-6-7-8-9-10-11-12-13-14-15-18(21)17(19)16-20/h19-20,24H,4-17H2,1-3H3,(H,22,23);17-18,20-21H,2-16,19H2,1H3/t19-,20+;17-,18+/m00/s1. The summed E-state index contributed by atoms with van der Waals surface area (Å²) in [6, 6.07) is -1.43. The van der Waals surface area contributed by atoms with Gasteiger partial charge in [-0.1, -0.05) is 181 Å². The maximum atomic E-state index is 11.6. The van der Waals surface area contributed by atoms with Crippen molar-refractivity contribution in [1.29, 1.82) is 0 Å². The molecule has 0 saturated heterocycles. The Balaban J connectivity index is 0. The molecule has 0 spiro atoms. The number of hydrogen-bond donors (Lipinski definition) is 5. The Hall–Kier alpha value is -1.22. The lowest BCUT2D eigenvalue weighted by atomic mass is 10.0. The Kier molecular flexibility index (Phi) is 38.3. The molecule has 8 heteroatoms. The fourth-order valence-corrected chi connectivity index (χ4v) is 5.90. The van der Waals surface area contributed by atoms with Crippen LogP contribution >= 0.6 is 0 Å². The second kappa shape index (κ2) is 37.6. The van der Waals surface area contributed by atoms with Gasteiger partial charge in [0, 0.05) is 6.92 Å². The van der Waals surface area contributed by atoms with Crippen LogP contribution in [-0.4, -0.2) is 65.2 Å². The summed E-state index contributed by atoms with van der Waals surface area (Å²) in [5.41, 5.74) is 5.56. The van der Waals surface area contributed by atoms with Crippen LogP contribution in [0.2, 0.25) is 0 Å². The molecule has 0 aliphatic heterocycles. The van der Waals surface area contributed by atoms with E-state index in [0.29, 0.717) is 6.42 Å². The summed E-state index contributed by atoms with van der Waals surface area (Å²) in [6.07, 6.45) is 33.6. The molecule has 0 aliphatic carbocycles. The van der Waals surface area contributed by atoms with Crippen molar-refractivity contribution in [2.24, 2.45) is 5.73 Å². The lowest BCUT2D eigenvalue weighted by Gasteiger charge is -2.21. The minimum absolute atomic E-state index is 0.125. The van der Waals surface area contributed by atoms with E-state index < -0.39 is 30.3 Å². The molecular formula is C39H80N2O6. The predicted molar refractivity (Wildman–Crippen MR) is 197 cm³/mol. The predicted octanol–water partition coefficient (Wildman–Crippen LogP) is 8.65. The smallest absolute Gasteiger partial charge is 0.331 e. The van der Waals surface area contributed by atoms with Crippen LogP contribution in [0.25, 0.3) is 0 Å². The van der Waals surface area contributed by atoms with Crippen LogP contribution in [0.15, 0.2) is 0 Å². The van der Waals surface area contributed by atoms with Crippen LogP contribution in [0, 0.1) is 0 Å². The normalized spacial score (nSPS) is 13.7. The Labute approximate surface area is 290 Å². The Bertz CT molecular complexity index is 665. The fourth-order valence-electron chi connectivity index (χ4n) is 5.90. The first-order chi connectivity index (χ1) is 22.7. The van der Waals surface area contributed by atoms with Crippen molar-refractivity contribution in [3.63, 3.8) is 0 Å². The van der Waals surface area contributed by atoms with Crippen molar-refractivity contribution in [2.45, 2.75) is 225 Å². The van der Waals surface area contributed by atoms with Crippen LogP contribution in [0.1, 0.15) is 201 Å². The van der Waals surface area contributed by atoms with E-state index in [2.05, 4.69) is 23.9 Å². The number of esters is 1. The molecule has 47 heavy (non-hydrogen) atoms. The minimum Gasteiger partial charge on any atom is -0.467 e. The third-order valence-electron chi connectivity index (χ3n) is 9.11. The number of methoxy groups -OCH3 is 1. The molecule has 4 atom stereocenters. The van der Waals surface area contributed by atoms with Gasteiger partial charge in [-0.25, -0.2) is 4.79 Å². The van der Waals surface area contributed by atoms with Gasteiger partial charge in [0.05, 0.1) is 32.0 Å². The van der Waals surface area contributed by atoms with Crippen molar-refractivity contribution in [1.82, 2.24) is 5.32 Å². The number of aliphatic hydroxyl groups excluding tert-OH is 3. The Morgan fingerprint density at radius 3 is 1.15 bits per heavy atom. The summed E-state index contributed by atoms with van der Waals surface area (Å²) in [5, 5.41) is 31.0. The van der Waals surface area contributed by atoms with Crippen LogP contribution in [0.4, 0.5) is 0 Å². The van der Waals surface area contributed by atoms with Crippen LogP contribution < -0.4 is 11.1 Å². The molecule has 0 heterocycles. The fraction of sp³-hybridized carbons (Fsp3) is 0.949. The molecule has 0 aliphatic rings. The Morgan fingerprint density at radius 2 is 0.872 bits per heavy atom. The van der Waals surface area contributed by atoms with Gasteiger partial charge in [0.1, 0.15) is 0 Å². The van der Waals surface area contributed by atoms with E-state index in [4.69, 9.17) is 10.8 Å². The maximum Gasteiger partial charge on any atom is 0.331 e. The highest BCUT2D eigenvalue weighted by Gasteiger charge is 2.28. The average molecular weight is 673 g/mol. The number of unbranched alkanes of at least 4 members (excludes halogenated alkanes) is 24. The molecule has 0 bridgehead atoms. The van der Waals surface area contributed by atoms with Gasteiger partial charge < -0.3 is 31.1 Å². The maximum absolute atomic E-state index is 11.6. The molecule has 0 unspecified atom stereocenters. The minimum atomic E-state index is -0.963. The molecule has 0 rings (SSSR count). The lowest BCUT2D eigenvalue weighted by Crippen LogP contribution is -2.48. The number of carbonyl (C=O) groups excluding carboxylic acids is 2. The van der Waals surface area contributed by atoms with Gasteiger partial charge in [-0.2, -0.15) is 0 Å². The van der Waals surface area contributed by atoms with Crippen molar-refractivity contribution in [2.75, 3.05) is 13.7 Å². The average Bonchev–Trinajstić information content (AvgIpc) is 3.07. The van der Waals surface area contributed by atoms with E-state index in [1.54, 1.807) is 0 Å². The molecule has 1 amide bonds. The molecule has 282 valence electrons. The van der Waals surface area contributed by atoms with Gasteiger partial charge in [0.25, 0.3) is 0 Å². The molecule has 0 radical (unpaired) electrons. The number of nitrogens with two attached hydrogens (primary N) is 1. The topological polar surface area (TPSA) is 142 Å². The molecule has 8 nitrogen and oxygen atoms in total. The van der Waals surface area contributed by atoms with E-state index in [1.165, 1.54) is 155 Å². The second-order valence-electron chi connectivity index (χ2n) is 13.7. The highest BCUT2D eigenvalue weighted by Crippen LogP contribution is 2.15. The third-order valence-corrected chi connectivity index (χ3v) is 9.11. The first-order valence-corrected chi connectivity index (χ1v) is 19.8. The van der Waals surface area contributed by atoms with E-state index in [0.717, 1.165) is 32.1 Å². The van der Waals surface area contributed by atoms with E-state index in [1.807, 2.05) is 0 Å². The van der Waals surface area contributed by atoms with E-state index in [-0.39, 0.29) is 12.5 Å².